The molecule has 7 nitrogen and oxygen atoms in total. The van der Waals surface area contributed by atoms with Gasteiger partial charge >= 0.3 is 0 Å². The van der Waals surface area contributed by atoms with Gasteiger partial charge in [-0.25, -0.2) is 5.43 Å². The number of hydrogen-bond donors (Lipinski definition) is 3. The Balaban J connectivity index is 1.68. The first-order valence-electron chi connectivity index (χ1n) is 10.4. The van der Waals surface area contributed by atoms with E-state index in [9.17, 15) is 14.7 Å². The molecule has 0 saturated carbocycles. The maximum Gasteiger partial charge on any atom is 0.251 e. The highest BCUT2D eigenvalue weighted by Crippen LogP contribution is 2.35. The molecule has 0 aliphatic heterocycles. The van der Waals surface area contributed by atoms with Crippen molar-refractivity contribution in [1.82, 2.24) is 10.7 Å². The first-order chi connectivity index (χ1) is 16.0. The van der Waals surface area contributed by atoms with Crippen LogP contribution in [0.3, 0.4) is 0 Å². The number of halogens is 1. The fourth-order valence-corrected chi connectivity index (χ4v) is 3.57. The summed E-state index contributed by atoms with van der Waals surface area (Å²) in [6.07, 6.45) is 1.45. The molecule has 0 aromatic heterocycles. The lowest BCUT2D eigenvalue weighted by atomic mass is 10.0. The average Bonchev–Trinajstić information content (AvgIpc) is 2.83. The minimum absolute atomic E-state index is 0.00195. The third-order valence-corrected chi connectivity index (χ3v) is 5.29. The lowest BCUT2D eigenvalue weighted by Gasteiger charge is -2.18. The third-order valence-electron chi connectivity index (χ3n) is 4.69. The van der Waals surface area contributed by atoms with Gasteiger partial charge in [-0.1, -0.05) is 48.5 Å². The van der Waals surface area contributed by atoms with Crippen molar-refractivity contribution < 1.29 is 19.4 Å². The van der Waals surface area contributed by atoms with Crippen molar-refractivity contribution in [1.29, 1.82) is 0 Å². The van der Waals surface area contributed by atoms with Crippen LogP contribution in [-0.4, -0.2) is 29.7 Å². The molecule has 0 heterocycles. The normalized spacial score (nSPS) is 11.7. The molecule has 0 unspecified atom stereocenters. The van der Waals surface area contributed by atoms with Gasteiger partial charge in [0.1, 0.15) is 0 Å². The van der Waals surface area contributed by atoms with Gasteiger partial charge in [0.05, 0.1) is 29.8 Å². The fraction of sp³-hybridized carbons (Fsp3) is 0.160. The van der Waals surface area contributed by atoms with Gasteiger partial charge < -0.3 is 15.2 Å². The summed E-state index contributed by atoms with van der Waals surface area (Å²) in [6.45, 7) is 2.21. The first-order valence-corrected chi connectivity index (χ1v) is 11.1. The van der Waals surface area contributed by atoms with Crippen molar-refractivity contribution in [2.24, 2.45) is 5.10 Å². The van der Waals surface area contributed by atoms with Gasteiger partial charge in [-0.15, -0.1) is 0 Å². The number of nitrogens with zero attached hydrogens (tertiary/aromatic N) is 1. The second-order valence-electron chi connectivity index (χ2n) is 7.08. The summed E-state index contributed by atoms with van der Waals surface area (Å²) in [5.41, 5.74) is 4.44. The highest BCUT2D eigenvalue weighted by atomic mass is 79.9. The van der Waals surface area contributed by atoms with E-state index in [1.807, 2.05) is 43.3 Å². The van der Waals surface area contributed by atoms with E-state index < -0.39 is 6.04 Å². The molecule has 3 aromatic carbocycles. The predicted octanol–water partition coefficient (Wildman–Crippen LogP) is 4.56. The molecule has 3 aromatic rings. The van der Waals surface area contributed by atoms with Gasteiger partial charge in [0.2, 0.25) is 5.91 Å². The summed E-state index contributed by atoms with van der Waals surface area (Å²) in [5, 5.41) is 16.9. The highest BCUT2D eigenvalue weighted by molar-refractivity contribution is 9.10. The lowest BCUT2D eigenvalue weighted by molar-refractivity contribution is -0.121. The van der Waals surface area contributed by atoms with E-state index in [0.29, 0.717) is 28.0 Å². The molecular weight excluding hydrogens is 486 g/mol. The summed E-state index contributed by atoms with van der Waals surface area (Å²) < 4.78 is 5.84. The molecule has 0 saturated heterocycles. The Bertz CT molecular complexity index is 1120. The smallest absolute Gasteiger partial charge is 0.251 e. The Kier molecular flexibility index (Phi) is 8.60. The summed E-state index contributed by atoms with van der Waals surface area (Å²) in [6, 6.07) is 20.9. The molecule has 2 amide bonds. The molecular formula is C25H24BrN3O4. The lowest BCUT2D eigenvalue weighted by Crippen LogP contribution is -2.32. The Morgan fingerprint density at radius 2 is 1.76 bits per heavy atom. The Hall–Kier alpha value is -3.65. The molecule has 0 fully saturated rings. The van der Waals surface area contributed by atoms with Crippen molar-refractivity contribution in [2.75, 3.05) is 6.61 Å². The van der Waals surface area contributed by atoms with Crippen LogP contribution in [0.25, 0.3) is 0 Å². The molecule has 0 radical (unpaired) electrons. The van der Waals surface area contributed by atoms with Crippen molar-refractivity contribution in [3.05, 3.63) is 94.0 Å². The topological polar surface area (TPSA) is 100 Å². The summed E-state index contributed by atoms with van der Waals surface area (Å²) in [5.74, 6) is -0.320. The van der Waals surface area contributed by atoms with Crippen molar-refractivity contribution in [3.8, 4) is 11.5 Å². The van der Waals surface area contributed by atoms with Crippen LogP contribution >= 0.6 is 15.9 Å². The van der Waals surface area contributed by atoms with E-state index in [4.69, 9.17) is 4.74 Å². The summed E-state index contributed by atoms with van der Waals surface area (Å²) in [4.78, 5) is 25.2. The van der Waals surface area contributed by atoms with Gasteiger partial charge in [0.15, 0.2) is 11.5 Å². The summed E-state index contributed by atoms with van der Waals surface area (Å²) >= 11 is 3.27. The van der Waals surface area contributed by atoms with Crippen LogP contribution in [0.4, 0.5) is 0 Å². The van der Waals surface area contributed by atoms with Crippen LogP contribution in [0.15, 0.2) is 82.4 Å². The molecule has 3 rings (SSSR count). The number of carbonyl (C=O) groups excluding carboxylic acids is 2. The summed E-state index contributed by atoms with van der Waals surface area (Å²) in [7, 11) is 0. The number of ether oxygens (including phenoxy) is 1. The van der Waals surface area contributed by atoms with Crippen molar-refractivity contribution in [3.63, 3.8) is 0 Å². The zero-order chi connectivity index (χ0) is 23.6. The van der Waals surface area contributed by atoms with E-state index >= 15 is 0 Å². The van der Waals surface area contributed by atoms with E-state index in [1.54, 1.807) is 36.4 Å². The Labute approximate surface area is 200 Å². The van der Waals surface area contributed by atoms with E-state index in [0.717, 1.165) is 5.56 Å². The quantitative estimate of drug-likeness (QED) is 0.290. The molecule has 0 aliphatic rings. The van der Waals surface area contributed by atoms with Crippen LogP contribution in [-0.2, 0) is 4.79 Å². The maximum atomic E-state index is 12.6. The first kappa shape index (κ1) is 24.0. The number of hydrogen-bond acceptors (Lipinski definition) is 5. The number of amides is 2. The minimum Gasteiger partial charge on any atom is -0.503 e. The second kappa shape index (κ2) is 11.8. The van der Waals surface area contributed by atoms with Gasteiger partial charge in [0, 0.05) is 5.56 Å². The SMILES string of the molecule is CCOc1cc(/C=N\NC(=O)C[C@H](NC(=O)c2ccccc2)c2ccccc2)cc(Br)c1O. The number of benzene rings is 3. The zero-order valence-corrected chi connectivity index (χ0v) is 19.6. The molecule has 0 bridgehead atoms. The van der Waals surface area contributed by atoms with E-state index in [2.05, 4.69) is 31.8 Å². The standard InChI is InChI=1S/C25H24BrN3O4/c1-2-33-22-14-17(13-20(26)24(22)31)16-27-29-23(30)15-21(18-9-5-3-6-10-18)28-25(32)19-11-7-4-8-12-19/h3-14,16,21,31H,2,15H2,1H3,(H,28,32)(H,29,30)/b27-16-/t21-/m0/s1. The van der Waals surface area contributed by atoms with Crippen LogP contribution in [0, 0.1) is 0 Å². The largest absolute Gasteiger partial charge is 0.503 e. The van der Waals surface area contributed by atoms with Crippen LogP contribution in [0.5, 0.6) is 11.5 Å². The molecule has 3 N–H and O–H groups in total. The van der Waals surface area contributed by atoms with Crippen molar-refractivity contribution in [2.45, 2.75) is 19.4 Å². The third kappa shape index (κ3) is 6.92. The molecule has 0 aliphatic carbocycles. The molecule has 33 heavy (non-hydrogen) atoms. The van der Waals surface area contributed by atoms with Crippen LogP contribution in [0.1, 0.15) is 40.9 Å². The Morgan fingerprint density at radius 1 is 1.09 bits per heavy atom. The molecule has 8 heteroatoms. The number of aromatic hydroxyl groups is 1. The molecule has 0 spiro atoms. The minimum atomic E-state index is -0.526. The number of hydrazone groups is 1. The number of phenols is 1. The van der Waals surface area contributed by atoms with E-state index in [-0.39, 0.29) is 24.0 Å². The van der Waals surface area contributed by atoms with Gasteiger partial charge in [0.25, 0.3) is 5.91 Å². The molecule has 1 atom stereocenters. The second-order valence-corrected chi connectivity index (χ2v) is 7.94. The number of phenolic OH excluding ortho intramolecular Hbond substituents is 1. The van der Waals surface area contributed by atoms with Crippen LogP contribution < -0.4 is 15.5 Å². The van der Waals surface area contributed by atoms with Gasteiger partial charge in [-0.2, -0.15) is 5.10 Å². The number of carbonyl (C=O) groups is 2. The van der Waals surface area contributed by atoms with Crippen molar-refractivity contribution >= 4 is 34.0 Å². The number of rotatable bonds is 9. The van der Waals surface area contributed by atoms with Crippen LogP contribution in [0.2, 0.25) is 0 Å². The monoisotopic (exact) mass is 509 g/mol. The van der Waals surface area contributed by atoms with E-state index in [1.165, 1.54) is 6.21 Å². The predicted molar refractivity (Wildman–Crippen MR) is 130 cm³/mol. The Morgan fingerprint density at radius 3 is 2.42 bits per heavy atom. The highest BCUT2D eigenvalue weighted by Gasteiger charge is 2.19. The van der Waals surface area contributed by atoms with Gasteiger partial charge in [-0.3, -0.25) is 9.59 Å². The maximum absolute atomic E-state index is 12.6. The molecule has 170 valence electrons. The number of nitrogens with one attached hydrogen (secondary N) is 2. The average molecular weight is 510 g/mol. The van der Waals surface area contributed by atoms with Gasteiger partial charge in [-0.05, 0) is 58.2 Å². The fourth-order valence-electron chi connectivity index (χ4n) is 3.11. The zero-order valence-electron chi connectivity index (χ0n) is 18.0.